The molecule has 0 atom stereocenters. The summed E-state index contributed by atoms with van der Waals surface area (Å²) in [6, 6.07) is 5.72. The van der Waals surface area contributed by atoms with Crippen molar-refractivity contribution in [1.82, 2.24) is 0 Å². The molecule has 0 aliphatic carbocycles. The van der Waals surface area contributed by atoms with Gasteiger partial charge in [-0.15, -0.1) is 0 Å². The van der Waals surface area contributed by atoms with Gasteiger partial charge in [-0.25, -0.2) is 4.39 Å². The van der Waals surface area contributed by atoms with Gasteiger partial charge in [-0.2, -0.15) is 4.39 Å². The largest absolute Gasteiger partial charge is 0.450 e. The number of hydrogen-bond donors (Lipinski definition) is 0. The van der Waals surface area contributed by atoms with E-state index < -0.39 is 23.1 Å². The lowest BCUT2D eigenvalue weighted by molar-refractivity contribution is 0.314. The van der Waals surface area contributed by atoms with Crippen LogP contribution in [0.1, 0.15) is 0 Å². The second-order valence-corrected chi connectivity index (χ2v) is 4.18. The average molecular weight is 290 g/mol. The molecule has 0 spiro atoms. The highest BCUT2D eigenvalue weighted by Crippen LogP contribution is 2.36. The van der Waals surface area contributed by atoms with Crippen LogP contribution < -0.4 is 4.74 Å². The lowest BCUT2D eigenvalue weighted by Crippen LogP contribution is -1.92. The van der Waals surface area contributed by atoms with E-state index in [1.54, 1.807) is 0 Å². The standard InChI is InChI=1S/C12H5Cl2F2O2/c13-7-2-1-6(5-8(7)14)18-12-10(17)4-3-9(15)11(12)16/h1-5H. The van der Waals surface area contributed by atoms with E-state index in [1.165, 1.54) is 18.2 Å². The summed E-state index contributed by atoms with van der Waals surface area (Å²) in [7, 11) is 0. The molecule has 0 fully saturated rings. The summed E-state index contributed by atoms with van der Waals surface area (Å²) in [6.45, 7) is 0. The van der Waals surface area contributed by atoms with Crippen molar-refractivity contribution in [3.05, 3.63) is 52.0 Å². The van der Waals surface area contributed by atoms with Gasteiger partial charge in [0.15, 0.2) is 5.82 Å². The number of ether oxygens (including phenoxy) is 1. The molecule has 0 aliphatic heterocycles. The molecule has 0 N–H and O–H groups in total. The van der Waals surface area contributed by atoms with E-state index in [2.05, 4.69) is 0 Å². The van der Waals surface area contributed by atoms with Crippen molar-refractivity contribution < 1.29 is 18.6 Å². The summed E-state index contributed by atoms with van der Waals surface area (Å²) < 4.78 is 31.3. The minimum absolute atomic E-state index is 0.0889. The van der Waals surface area contributed by atoms with E-state index in [-0.39, 0.29) is 15.8 Å². The summed E-state index contributed by atoms with van der Waals surface area (Å²) >= 11 is 11.4. The molecular formula is C12H5Cl2F2O2. The van der Waals surface area contributed by atoms with E-state index in [0.29, 0.717) is 0 Å². The molecule has 2 aromatic carbocycles. The zero-order valence-corrected chi connectivity index (χ0v) is 10.2. The molecule has 0 heterocycles. The minimum atomic E-state index is -1.34. The maximum Gasteiger partial charge on any atom is 0.224 e. The zero-order valence-electron chi connectivity index (χ0n) is 8.72. The smallest absolute Gasteiger partial charge is 0.224 e. The van der Waals surface area contributed by atoms with Crippen LogP contribution in [0.15, 0.2) is 30.3 Å². The predicted octanol–water partition coefficient (Wildman–Crippen LogP) is 5.21. The third-order valence-corrected chi connectivity index (χ3v) is 2.86. The highest BCUT2D eigenvalue weighted by molar-refractivity contribution is 6.42. The van der Waals surface area contributed by atoms with Crippen molar-refractivity contribution in [1.29, 1.82) is 0 Å². The molecule has 2 nitrogen and oxygen atoms in total. The van der Waals surface area contributed by atoms with Crippen LogP contribution in [0.3, 0.4) is 0 Å². The van der Waals surface area contributed by atoms with Gasteiger partial charge in [0.1, 0.15) is 5.75 Å². The Balaban J connectivity index is 2.39. The molecule has 6 heteroatoms. The molecule has 0 aliphatic rings. The summed E-state index contributed by atoms with van der Waals surface area (Å²) in [5.41, 5.74) is 0. The first kappa shape index (κ1) is 12.9. The second-order valence-electron chi connectivity index (χ2n) is 3.37. The van der Waals surface area contributed by atoms with Gasteiger partial charge >= 0.3 is 0 Å². The van der Waals surface area contributed by atoms with Crippen LogP contribution in [0.25, 0.3) is 0 Å². The van der Waals surface area contributed by atoms with Crippen LogP contribution in [0.5, 0.6) is 17.2 Å². The fourth-order valence-corrected chi connectivity index (χ4v) is 1.56. The normalized spacial score (nSPS) is 10.4. The Kier molecular flexibility index (Phi) is 3.59. The lowest BCUT2D eigenvalue weighted by Gasteiger charge is -2.08. The van der Waals surface area contributed by atoms with Gasteiger partial charge in [0.25, 0.3) is 0 Å². The second kappa shape index (κ2) is 5.00. The van der Waals surface area contributed by atoms with E-state index in [4.69, 9.17) is 27.9 Å². The van der Waals surface area contributed by atoms with Gasteiger partial charge < -0.3 is 4.74 Å². The van der Waals surface area contributed by atoms with Gasteiger partial charge in [0, 0.05) is 6.07 Å². The van der Waals surface area contributed by atoms with Gasteiger partial charge in [-0.05, 0) is 24.3 Å². The molecule has 2 aromatic rings. The summed E-state index contributed by atoms with van der Waals surface area (Å²) in [4.78, 5) is 0. The number of benzene rings is 2. The maximum atomic E-state index is 13.4. The molecule has 0 amide bonds. The van der Waals surface area contributed by atoms with E-state index >= 15 is 0 Å². The highest BCUT2D eigenvalue weighted by atomic mass is 35.5. The summed E-state index contributed by atoms with van der Waals surface area (Å²) in [5, 5.41) is 11.8. The summed E-state index contributed by atoms with van der Waals surface area (Å²) in [5.74, 6) is -3.89. The Morgan fingerprint density at radius 2 is 1.72 bits per heavy atom. The number of halogens is 4. The van der Waals surface area contributed by atoms with Crippen LogP contribution in [-0.4, -0.2) is 0 Å². The molecule has 1 radical (unpaired) electrons. The average Bonchev–Trinajstić information content (AvgIpc) is 2.34. The fourth-order valence-electron chi connectivity index (χ4n) is 1.27. The molecule has 0 unspecified atom stereocenters. The van der Waals surface area contributed by atoms with Gasteiger partial charge in [-0.3, -0.25) is 5.11 Å². The maximum absolute atomic E-state index is 13.4. The Hall–Kier alpha value is -1.52. The topological polar surface area (TPSA) is 29.1 Å². The number of hydrogen-bond acceptors (Lipinski definition) is 1. The van der Waals surface area contributed by atoms with Gasteiger partial charge in [-0.1, -0.05) is 23.2 Å². The Morgan fingerprint density at radius 1 is 1.00 bits per heavy atom. The molecule has 0 bridgehead atoms. The third-order valence-electron chi connectivity index (χ3n) is 2.12. The van der Waals surface area contributed by atoms with Crippen molar-refractivity contribution in [2.45, 2.75) is 0 Å². The first-order chi connectivity index (χ1) is 8.49. The van der Waals surface area contributed by atoms with Gasteiger partial charge in [0.2, 0.25) is 17.3 Å². The molecule has 0 saturated carbocycles. The van der Waals surface area contributed by atoms with E-state index in [1.807, 2.05) is 0 Å². The Bertz CT molecular complexity index is 603. The van der Waals surface area contributed by atoms with E-state index in [0.717, 1.165) is 12.1 Å². The van der Waals surface area contributed by atoms with Crippen LogP contribution in [0.4, 0.5) is 8.78 Å². The monoisotopic (exact) mass is 289 g/mol. The van der Waals surface area contributed by atoms with Gasteiger partial charge in [0.05, 0.1) is 10.0 Å². The zero-order chi connectivity index (χ0) is 13.3. The highest BCUT2D eigenvalue weighted by Gasteiger charge is 2.17. The first-order valence-electron chi connectivity index (χ1n) is 4.77. The summed E-state index contributed by atoms with van der Waals surface area (Å²) in [6.07, 6.45) is 0. The first-order valence-corrected chi connectivity index (χ1v) is 5.52. The van der Waals surface area contributed by atoms with Crippen LogP contribution in [-0.2, 0) is 5.11 Å². The molecule has 2 rings (SSSR count). The molecular weight excluding hydrogens is 285 g/mol. The molecule has 0 aromatic heterocycles. The number of rotatable bonds is 2. The lowest BCUT2D eigenvalue weighted by atomic mass is 10.3. The van der Waals surface area contributed by atoms with Crippen molar-refractivity contribution >= 4 is 23.2 Å². The Labute approximate surface area is 111 Å². The van der Waals surface area contributed by atoms with Crippen molar-refractivity contribution in [3.63, 3.8) is 0 Å². The molecule has 0 saturated heterocycles. The van der Waals surface area contributed by atoms with Crippen molar-refractivity contribution in [3.8, 4) is 17.2 Å². The third kappa shape index (κ3) is 2.49. The molecule has 18 heavy (non-hydrogen) atoms. The van der Waals surface area contributed by atoms with Crippen LogP contribution >= 0.6 is 23.2 Å². The van der Waals surface area contributed by atoms with Crippen molar-refractivity contribution in [2.75, 3.05) is 0 Å². The minimum Gasteiger partial charge on any atom is -0.450 e. The van der Waals surface area contributed by atoms with Crippen LogP contribution in [0, 0.1) is 11.6 Å². The van der Waals surface area contributed by atoms with Crippen LogP contribution in [0.2, 0.25) is 10.0 Å². The SMILES string of the molecule is [O]c1ccc(F)c(F)c1Oc1ccc(Cl)c(Cl)c1. The molecule has 93 valence electrons. The Morgan fingerprint density at radius 3 is 2.39 bits per heavy atom. The van der Waals surface area contributed by atoms with Crippen molar-refractivity contribution in [2.24, 2.45) is 0 Å². The van der Waals surface area contributed by atoms with E-state index in [9.17, 15) is 13.9 Å². The predicted molar refractivity (Wildman–Crippen MR) is 63.0 cm³/mol. The fraction of sp³-hybridized carbons (Fsp3) is 0. The quantitative estimate of drug-likeness (QED) is 0.746.